The normalized spacial score (nSPS) is 19.2. The molecule has 1 aromatic heterocycles. The van der Waals surface area contributed by atoms with E-state index in [0.29, 0.717) is 18.7 Å². The summed E-state index contributed by atoms with van der Waals surface area (Å²) in [5.74, 6) is 0.806. The Hall–Kier alpha value is -1.39. The highest BCUT2D eigenvalue weighted by Crippen LogP contribution is 2.21. The number of sulfone groups is 1. The molecule has 1 N–H and O–H groups in total. The second-order valence-corrected chi connectivity index (χ2v) is 9.46. The van der Waals surface area contributed by atoms with Crippen molar-refractivity contribution in [2.24, 2.45) is 0 Å². The van der Waals surface area contributed by atoms with Crippen LogP contribution in [0.25, 0.3) is 0 Å². The third-order valence-electron chi connectivity index (χ3n) is 4.16. The predicted octanol–water partition coefficient (Wildman–Crippen LogP) is 2.51. The van der Waals surface area contributed by atoms with E-state index in [1.54, 1.807) is 12.3 Å². The van der Waals surface area contributed by atoms with Gasteiger partial charge in [0.1, 0.15) is 5.76 Å². The zero-order valence-corrected chi connectivity index (χ0v) is 16.5. The SMILES string of the molecule is O=C(CN(Cc1ccco1)[C@H]1CCS(=O)(=O)C1)Nc1ccccc1I. The lowest BCUT2D eigenvalue weighted by atomic mass is 10.2. The highest BCUT2D eigenvalue weighted by atomic mass is 127. The quantitative estimate of drug-likeness (QED) is 0.652. The van der Waals surface area contributed by atoms with E-state index < -0.39 is 9.84 Å². The smallest absolute Gasteiger partial charge is 0.238 e. The van der Waals surface area contributed by atoms with Gasteiger partial charge in [0.25, 0.3) is 0 Å². The van der Waals surface area contributed by atoms with E-state index in [1.807, 2.05) is 35.2 Å². The summed E-state index contributed by atoms with van der Waals surface area (Å²) < 4.78 is 30.0. The summed E-state index contributed by atoms with van der Waals surface area (Å²) in [7, 11) is -3.03. The van der Waals surface area contributed by atoms with Crippen molar-refractivity contribution in [2.75, 3.05) is 23.4 Å². The van der Waals surface area contributed by atoms with Gasteiger partial charge in [0.05, 0.1) is 36.5 Å². The second-order valence-electron chi connectivity index (χ2n) is 6.07. The fraction of sp³-hybridized carbons (Fsp3) is 0.353. The molecule has 0 radical (unpaired) electrons. The molecule has 0 aliphatic carbocycles. The van der Waals surface area contributed by atoms with Gasteiger partial charge in [-0.05, 0) is 53.3 Å². The molecule has 1 aliphatic rings. The Bertz CT molecular complexity index is 836. The topological polar surface area (TPSA) is 79.6 Å². The van der Waals surface area contributed by atoms with Gasteiger partial charge in [-0.1, -0.05) is 12.1 Å². The van der Waals surface area contributed by atoms with Gasteiger partial charge in [0.2, 0.25) is 5.91 Å². The van der Waals surface area contributed by atoms with Crippen molar-refractivity contribution in [3.05, 3.63) is 52.0 Å². The molecule has 1 aliphatic heterocycles. The fourth-order valence-corrected chi connectivity index (χ4v) is 5.20. The number of amides is 1. The Morgan fingerprint density at radius 3 is 2.72 bits per heavy atom. The number of carbonyl (C=O) groups is 1. The van der Waals surface area contributed by atoms with E-state index in [4.69, 9.17) is 4.42 Å². The van der Waals surface area contributed by atoms with Crippen LogP contribution in [-0.2, 0) is 21.2 Å². The number of anilines is 1. The molecule has 2 heterocycles. The first-order valence-corrected chi connectivity index (χ1v) is 10.8. The van der Waals surface area contributed by atoms with Crippen LogP contribution in [0.4, 0.5) is 5.69 Å². The van der Waals surface area contributed by atoms with Crippen LogP contribution < -0.4 is 5.32 Å². The summed E-state index contributed by atoms with van der Waals surface area (Å²) in [6.45, 7) is 0.526. The molecule has 3 rings (SSSR count). The summed E-state index contributed by atoms with van der Waals surface area (Å²) in [5.41, 5.74) is 0.755. The van der Waals surface area contributed by atoms with E-state index in [0.717, 1.165) is 9.26 Å². The van der Waals surface area contributed by atoms with E-state index >= 15 is 0 Å². The molecule has 2 aromatic rings. The number of halogens is 1. The molecule has 1 saturated heterocycles. The lowest BCUT2D eigenvalue weighted by molar-refractivity contribution is -0.118. The van der Waals surface area contributed by atoms with Crippen molar-refractivity contribution >= 4 is 44.0 Å². The van der Waals surface area contributed by atoms with Crippen molar-refractivity contribution in [1.82, 2.24) is 4.90 Å². The molecule has 134 valence electrons. The van der Waals surface area contributed by atoms with Crippen LogP contribution in [0, 0.1) is 3.57 Å². The van der Waals surface area contributed by atoms with Crippen LogP contribution in [0.2, 0.25) is 0 Å². The second kappa shape index (κ2) is 7.88. The average Bonchev–Trinajstić information content (AvgIpc) is 3.18. The Morgan fingerprint density at radius 1 is 1.28 bits per heavy atom. The zero-order chi connectivity index (χ0) is 17.9. The molecule has 1 fully saturated rings. The van der Waals surface area contributed by atoms with Crippen molar-refractivity contribution in [1.29, 1.82) is 0 Å². The minimum absolute atomic E-state index is 0.0872. The maximum Gasteiger partial charge on any atom is 0.238 e. The first-order chi connectivity index (χ1) is 11.9. The Morgan fingerprint density at radius 2 is 2.08 bits per heavy atom. The molecule has 1 amide bonds. The minimum atomic E-state index is -3.03. The van der Waals surface area contributed by atoms with Crippen molar-refractivity contribution in [3.63, 3.8) is 0 Å². The molecular weight excluding hydrogens is 455 g/mol. The van der Waals surface area contributed by atoms with Gasteiger partial charge < -0.3 is 9.73 Å². The van der Waals surface area contributed by atoms with Crippen LogP contribution in [0.15, 0.2) is 47.1 Å². The minimum Gasteiger partial charge on any atom is -0.468 e. The van der Waals surface area contributed by atoms with Crippen LogP contribution in [0.3, 0.4) is 0 Å². The molecule has 6 nitrogen and oxygen atoms in total. The predicted molar refractivity (Wildman–Crippen MR) is 104 cm³/mol. The molecule has 0 saturated carbocycles. The van der Waals surface area contributed by atoms with Crippen LogP contribution in [0.5, 0.6) is 0 Å². The fourth-order valence-electron chi connectivity index (χ4n) is 2.92. The number of rotatable bonds is 6. The lowest BCUT2D eigenvalue weighted by Gasteiger charge is -2.26. The average molecular weight is 474 g/mol. The van der Waals surface area contributed by atoms with E-state index in [2.05, 4.69) is 27.9 Å². The molecule has 8 heteroatoms. The zero-order valence-electron chi connectivity index (χ0n) is 13.5. The van der Waals surface area contributed by atoms with Crippen molar-refractivity contribution < 1.29 is 17.6 Å². The van der Waals surface area contributed by atoms with Crippen molar-refractivity contribution in [3.8, 4) is 0 Å². The number of nitrogens with zero attached hydrogens (tertiary/aromatic N) is 1. The molecule has 25 heavy (non-hydrogen) atoms. The van der Waals surface area contributed by atoms with Crippen molar-refractivity contribution in [2.45, 2.75) is 19.0 Å². The summed E-state index contributed by atoms with van der Waals surface area (Å²) >= 11 is 2.17. The summed E-state index contributed by atoms with van der Waals surface area (Å²) in [5, 5.41) is 2.90. The first-order valence-electron chi connectivity index (χ1n) is 7.94. The summed E-state index contributed by atoms with van der Waals surface area (Å²) in [6.07, 6.45) is 2.12. The van der Waals surface area contributed by atoms with Crippen LogP contribution in [0.1, 0.15) is 12.2 Å². The standard InChI is InChI=1S/C17H19IN2O4S/c18-15-5-1-2-6-16(15)19-17(21)11-20(10-14-4-3-8-24-14)13-7-9-25(22,23)12-13/h1-6,8,13H,7,9-12H2,(H,19,21)/t13-/m0/s1. The molecular formula is C17H19IN2O4S. The molecule has 0 bridgehead atoms. The van der Waals surface area contributed by atoms with E-state index in [-0.39, 0.29) is 30.0 Å². The number of hydrogen-bond acceptors (Lipinski definition) is 5. The van der Waals surface area contributed by atoms with Crippen LogP contribution in [-0.4, -0.2) is 43.3 Å². The number of furan rings is 1. The first kappa shape index (κ1) is 18.4. The van der Waals surface area contributed by atoms with Gasteiger partial charge >= 0.3 is 0 Å². The number of para-hydroxylation sites is 1. The van der Waals surface area contributed by atoms with Gasteiger partial charge in [-0.15, -0.1) is 0 Å². The summed E-state index contributed by atoms with van der Waals surface area (Å²) in [6, 6.07) is 11.0. The Kier molecular flexibility index (Phi) is 5.80. The lowest BCUT2D eigenvalue weighted by Crippen LogP contribution is -2.41. The number of nitrogens with one attached hydrogen (secondary N) is 1. The molecule has 0 unspecified atom stereocenters. The molecule has 1 aromatic carbocycles. The summed E-state index contributed by atoms with van der Waals surface area (Å²) in [4.78, 5) is 14.4. The molecule has 0 spiro atoms. The third kappa shape index (κ3) is 5.05. The van der Waals surface area contributed by atoms with E-state index in [9.17, 15) is 13.2 Å². The van der Waals surface area contributed by atoms with Crippen LogP contribution >= 0.6 is 22.6 Å². The maximum atomic E-state index is 12.5. The Balaban J connectivity index is 1.70. The van der Waals surface area contributed by atoms with Gasteiger partial charge in [0, 0.05) is 9.61 Å². The molecule has 1 atom stereocenters. The van der Waals surface area contributed by atoms with Gasteiger partial charge in [-0.25, -0.2) is 8.42 Å². The Labute approximate surface area is 160 Å². The van der Waals surface area contributed by atoms with Gasteiger partial charge in [-0.3, -0.25) is 9.69 Å². The van der Waals surface area contributed by atoms with Gasteiger partial charge in [-0.2, -0.15) is 0 Å². The number of carbonyl (C=O) groups excluding carboxylic acids is 1. The third-order valence-corrected chi connectivity index (χ3v) is 6.85. The largest absolute Gasteiger partial charge is 0.468 e. The number of benzene rings is 1. The maximum absolute atomic E-state index is 12.5. The van der Waals surface area contributed by atoms with Gasteiger partial charge in [0.15, 0.2) is 9.84 Å². The number of hydrogen-bond donors (Lipinski definition) is 1. The monoisotopic (exact) mass is 474 g/mol. The highest BCUT2D eigenvalue weighted by Gasteiger charge is 2.33. The van der Waals surface area contributed by atoms with E-state index in [1.165, 1.54) is 0 Å². The highest BCUT2D eigenvalue weighted by molar-refractivity contribution is 14.1.